The minimum Gasteiger partial charge on any atom is -0.325 e. The van der Waals surface area contributed by atoms with Gasteiger partial charge in [0.2, 0.25) is 5.91 Å². The molecule has 0 unspecified atom stereocenters. The third kappa shape index (κ3) is 3.44. The lowest BCUT2D eigenvalue weighted by molar-refractivity contribution is -0.120. The molecule has 0 fully saturated rings. The maximum absolute atomic E-state index is 13.5. The first-order valence-electron chi connectivity index (χ1n) is 8.98. The van der Waals surface area contributed by atoms with Crippen LogP contribution in [0.1, 0.15) is 33.8 Å². The largest absolute Gasteiger partial charge is 0.325 e. The summed E-state index contributed by atoms with van der Waals surface area (Å²) in [6, 6.07) is 28.6. The molecule has 1 N–H and O–H groups in total. The Morgan fingerprint density at radius 1 is 0.778 bits per heavy atom. The normalized spacial score (nSPS) is 16.7. The Hall–Kier alpha value is -3.46. The summed E-state index contributed by atoms with van der Waals surface area (Å²) in [5.41, 5.74) is 3.68. The maximum atomic E-state index is 13.5. The number of allylic oxidation sites excluding steroid dienone is 1. The van der Waals surface area contributed by atoms with Crippen LogP contribution in [0, 0.1) is 0 Å². The van der Waals surface area contributed by atoms with Crippen molar-refractivity contribution < 1.29 is 9.59 Å². The molecule has 1 aliphatic heterocycles. The van der Waals surface area contributed by atoms with E-state index in [0.29, 0.717) is 16.8 Å². The van der Waals surface area contributed by atoms with Gasteiger partial charge in [-0.2, -0.15) is 0 Å². The first-order valence-corrected chi connectivity index (χ1v) is 8.98. The van der Waals surface area contributed by atoms with Gasteiger partial charge in [0.15, 0.2) is 5.78 Å². The lowest BCUT2D eigenvalue weighted by Gasteiger charge is -2.29. The summed E-state index contributed by atoms with van der Waals surface area (Å²) in [4.78, 5) is 25.9. The molecule has 27 heavy (non-hydrogen) atoms. The lowest BCUT2D eigenvalue weighted by Crippen LogP contribution is -2.34. The molecular formula is C24H19NO2. The molecule has 1 atom stereocenters. The van der Waals surface area contributed by atoms with E-state index in [1.165, 1.54) is 0 Å². The first-order chi connectivity index (χ1) is 13.2. The highest BCUT2D eigenvalue weighted by molar-refractivity contribution is 6.16. The van der Waals surface area contributed by atoms with Crippen LogP contribution in [0.3, 0.4) is 0 Å². The summed E-state index contributed by atoms with van der Waals surface area (Å²) in [5, 5.41) is 2.95. The molecule has 0 radical (unpaired) electrons. The van der Waals surface area contributed by atoms with Crippen LogP contribution in [0.15, 0.2) is 96.6 Å². The molecule has 3 heteroatoms. The Morgan fingerprint density at radius 3 is 1.96 bits per heavy atom. The van der Waals surface area contributed by atoms with E-state index in [-0.39, 0.29) is 24.0 Å². The highest BCUT2D eigenvalue weighted by Crippen LogP contribution is 2.37. The van der Waals surface area contributed by atoms with Crippen molar-refractivity contribution >= 4 is 17.4 Å². The van der Waals surface area contributed by atoms with E-state index in [0.717, 1.165) is 11.1 Å². The van der Waals surface area contributed by atoms with Crippen molar-refractivity contribution in [3.8, 4) is 0 Å². The van der Waals surface area contributed by atoms with Crippen LogP contribution in [0.4, 0.5) is 0 Å². The van der Waals surface area contributed by atoms with E-state index in [4.69, 9.17) is 0 Å². The number of Topliss-reactive ketones (excluding diaryl/α,β-unsaturated/α-hetero) is 1. The Labute approximate surface area is 158 Å². The fourth-order valence-corrected chi connectivity index (χ4v) is 3.54. The Kier molecular flexibility index (Phi) is 4.67. The number of amides is 1. The van der Waals surface area contributed by atoms with Gasteiger partial charge in [-0.3, -0.25) is 9.59 Å². The summed E-state index contributed by atoms with van der Waals surface area (Å²) in [6.07, 6.45) is 0.258. The second kappa shape index (κ2) is 7.42. The zero-order valence-electron chi connectivity index (χ0n) is 14.8. The van der Waals surface area contributed by atoms with Crippen LogP contribution in [0.25, 0.3) is 5.70 Å². The number of rotatable bonds is 4. The number of carbonyl (C=O) groups is 2. The minimum atomic E-state index is -0.275. The van der Waals surface area contributed by atoms with Gasteiger partial charge in [-0.25, -0.2) is 0 Å². The quantitative estimate of drug-likeness (QED) is 0.698. The van der Waals surface area contributed by atoms with Gasteiger partial charge in [-0.05, 0) is 11.1 Å². The van der Waals surface area contributed by atoms with E-state index < -0.39 is 0 Å². The van der Waals surface area contributed by atoms with Crippen LogP contribution in [-0.2, 0) is 4.79 Å². The second-order valence-electron chi connectivity index (χ2n) is 6.57. The topological polar surface area (TPSA) is 46.2 Å². The molecule has 3 aromatic rings. The molecular weight excluding hydrogens is 334 g/mol. The van der Waals surface area contributed by atoms with Gasteiger partial charge in [0.25, 0.3) is 0 Å². The first kappa shape index (κ1) is 17.0. The van der Waals surface area contributed by atoms with Crippen molar-refractivity contribution in [1.29, 1.82) is 0 Å². The average molecular weight is 353 g/mol. The number of ketones is 1. The molecule has 0 aliphatic carbocycles. The zero-order valence-corrected chi connectivity index (χ0v) is 14.8. The molecule has 0 bridgehead atoms. The smallest absolute Gasteiger partial charge is 0.225 e. The van der Waals surface area contributed by atoms with E-state index in [1.807, 2.05) is 91.0 Å². The summed E-state index contributed by atoms with van der Waals surface area (Å²) in [6.45, 7) is 0. The molecule has 132 valence electrons. The third-order valence-corrected chi connectivity index (χ3v) is 4.82. The van der Waals surface area contributed by atoms with Gasteiger partial charge in [0.1, 0.15) is 0 Å². The van der Waals surface area contributed by atoms with Gasteiger partial charge in [0.05, 0.1) is 5.70 Å². The van der Waals surface area contributed by atoms with Crippen LogP contribution in [0.2, 0.25) is 0 Å². The number of hydrogen-bond acceptors (Lipinski definition) is 2. The SMILES string of the molecule is O=C1C[C@@H](c2ccccc2)C(C(=O)c2ccccc2)=C(c2ccccc2)N1. The lowest BCUT2D eigenvalue weighted by atomic mass is 9.79. The van der Waals surface area contributed by atoms with Crippen LogP contribution < -0.4 is 5.32 Å². The van der Waals surface area contributed by atoms with E-state index in [1.54, 1.807) is 0 Å². The van der Waals surface area contributed by atoms with Gasteiger partial charge in [0, 0.05) is 23.5 Å². The number of hydrogen-bond donors (Lipinski definition) is 1. The van der Waals surface area contributed by atoms with E-state index in [2.05, 4.69) is 5.32 Å². The Bertz CT molecular complexity index is 992. The monoisotopic (exact) mass is 353 g/mol. The molecule has 0 saturated heterocycles. The number of carbonyl (C=O) groups excluding carboxylic acids is 2. The number of benzene rings is 3. The highest BCUT2D eigenvalue weighted by Gasteiger charge is 2.34. The van der Waals surface area contributed by atoms with Crippen molar-refractivity contribution in [3.05, 3.63) is 113 Å². The third-order valence-electron chi connectivity index (χ3n) is 4.82. The highest BCUT2D eigenvalue weighted by atomic mass is 16.2. The maximum Gasteiger partial charge on any atom is 0.225 e. The molecule has 0 spiro atoms. The predicted octanol–water partition coefficient (Wildman–Crippen LogP) is 4.58. The summed E-state index contributed by atoms with van der Waals surface area (Å²) < 4.78 is 0. The number of nitrogens with one attached hydrogen (secondary N) is 1. The van der Waals surface area contributed by atoms with Crippen molar-refractivity contribution in [1.82, 2.24) is 5.32 Å². The molecule has 0 saturated carbocycles. The molecule has 4 rings (SSSR count). The van der Waals surface area contributed by atoms with Crippen LogP contribution in [0.5, 0.6) is 0 Å². The Morgan fingerprint density at radius 2 is 1.33 bits per heavy atom. The fourth-order valence-electron chi connectivity index (χ4n) is 3.54. The van der Waals surface area contributed by atoms with E-state index >= 15 is 0 Å². The van der Waals surface area contributed by atoms with Crippen molar-refractivity contribution in [3.63, 3.8) is 0 Å². The van der Waals surface area contributed by atoms with Gasteiger partial charge >= 0.3 is 0 Å². The average Bonchev–Trinajstić information content (AvgIpc) is 2.74. The van der Waals surface area contributed by atoms with Gasteiger partial charge < -0.3 is 5.32 Å². The molecule has 3 nitrogen and oxygen atoms in total. The fraction of sp³-hybridized carbons (Fsp3) is 0.0833. The predicted molar refractivity (Wildman–Crippen MR) is 106 cm³/mol. The molecule has 3 aromatic carbocycles. The molecule has 1 amide bonds. The summed E-state index contributed by atoms with van der Waals surface area (Å²) in [5.74, 6) is -0.404. The summed E-state index contributed by atoms with van der Waals surface area (Å²) >= 11 is 0. The minimum absolute atomic E-state index is 0.0525. The van der Waals surface area contributed by atoms with Gasteiger partial charge in [-0.15, -0.1) is 0 Å². The van der Waals surface area contributed by atoms with E-state index in [9.17, 15) is 9.59 Å². The standard InChI is InChI=1S/C24H19NO2/c26-21-16-20(17-10-4-1-5-11-17)22(24(27)19-14-8-3-9-15-19)23(25-21)18-12-6-2-7-13-18/h1-15,20H,16H2,(H,25,26)/t20-/m0/s1. The molecule has 1 heterocycles. The summed E-state index contributed by atoms with van der Waals surface area (Å²) in [7, 11) is 0. The van der Waals surface area contributed by atoms with Gasteiger partial charge in [-0.1, -0.05) is 91.0 Å². The Balaban J connectivity index is 1.93. The van der Waals surface area contributed by atoms with Crippen LogP contribution >= 0.6 is 0 Å². The molecule has 1 aliphatic rings. The zero-order chi connectivity index (χ0) is 18.6. The van der Waals surface area contributed by atoms with Crippen LogP contribution in [-0.4, -0.2) is 11.7 Å². The second-order valence-corrected chi connectivity index (χ2v) is 6.57. The van der Waals surface area contributed by atoms with Crippen molar-refractivity contribution in [2.45, 2.75) is 12.3 Å². The molecule has 0 aromatic heterocycles. The van der Waals surface area contributed by atoms with Crippen molar-refractivity contribution in [2.75, 3.05) is 0 Å². The van der Waals surface area contributed by atoms with Crippen molar-refractivity contribution in [2.24, 2.45) is 0 Å².